The van der Waals surface area contributed by atoms with Crippen molar-refractivity contribution >= 4 is 11.6 Å². The molecule has 0 aliphatic carbocycles. The molecule has 0 saturated carbocycles. The van der Waals surface area contributed by atoms with Gasteiger partial charge in [0.1, 0.15) is 11.6 Å². The molecule has 0 amide bonds. The Bertz CT molecular complexity index is 487. The fraction of sp³-hybridized carbons (Fsp3) is 0.333. The number of halogens is 2. The van der Waals surface area contributed by atoms with E-state index in [0.717, 1.165) is 6.42 Å². The third-order valence-electron chi connectivity index (χ3n) is 2.21. The Morgan fingerprint density at radius 3 is 2.61 bits per heavy atom. The van der Waals surface area contributed by atoms with E-state index in [1.165, 1.54) is 12.1 Å². The highest BCUT2D eigenvalue weighted by Crippen LogP contribution is 2.13. The Labute approximate surface area is 109 Å². The van der Waals surface area contributed by atoms with Gasteiger partial charge >= 0.3 is 0 Å². The van der Waals surface area contributed by atoms with Gasteiger partial charge in [0.2, 0.25) is 5.89 Å². The number of benzene rings is 1. The quantitative estimate of drug-likeness (QED) is 0.757. The van der Waals surface area contributed by atoms with Crippen molar-refractivity contribution in [3.63, 3.8) is 0 Å². The lowest BCUT2D eigenvalue weighted by Gasteiger charge is -2.02. The number of ether oxygens (including phenoxy) is 1. The van der Waals surface area contributed by atoms with Crippen molar-refractivity contribution in [2.24, 2.45) is 0 Å². The molecule has 0 radical (unpaired) electrons. The summed E-state index contributed by atoms with van der Waals surface area (Å²) < 4.78 is 23.4. The van der Waals surface area contributed by atoms with E-state index in [0.29, 0.717) is 29.8 Å². The van der Waals surface area contributed by atoms with Gasteiger partial charge in [0.05, 0.1) is 0 Å². The highest BCUT2D eigenvalue weighted by atomic mass is 35.5. The molecule has 0 aliphatic heterocycles. The van der Waals surface area contributed by atoms with Gasteiger partial charge in [-0.05, 0) is 30.7 Å². The molecule has 0 fully saturated rings. The largest absolute Gasteiger partial charge is 0.484 e. The van der Waals surface area contributed by atoms with E-state index in [4.69, 9.17) is 20.8 Å². The van der Waals surface area contributed by atoms with E-state index in [1.807, 2.05) is 0 Å². The van der Waals surface area contributed by atoms with Gasteiger partial charge in [0.25, 0.3) is 5.89 Å². The maximum Gasteiger partial charge on any atom is 0.253 e. The molecule has 1 aromatic carbocycles. The lowest BCUT2D eigenvalue weighted by atomic mass is 10.3. The zero-order chi connectivity index (χ0) is 12.8. The molecule has 6 heteroatoms. The first-order valence-corrected chi connectivity index (χ1v) is 6.07. The molecule has 96 valence electrons. The van der Waals surface area contributed by atoms with Crippen molar-refractivity contribution in [1.82, 2.24) is 10.2 Å². The van der Waals surface area contributed by atoms with Crippen molar-refractivity contribution in [1.29, 1.82) is 0 Å². The lowest BCUT2D eigenvalue weighted by molar-refractivity contribution is 0.258. The lowest BCUT2D eigenvalue weighted by Crippen LogP contribution is -1.95. The minimum atomic E-state index is -0.302. The third kappa shape index (κ3) is 3.70. The van der Waals surface area contributed by atoms with E-state index < -0.39 is 0 Å². The Morgan fingerprint density at radius 1 is 1.17 bits per heavy atom. The molecule has 0 spiro atoms. The predicted octanol–water partition coefficient (Wildman–Crippen LogP) is 2.96. The number of aromatic nitrogens is 2. The normalized spacial score (nSPS) is 10.6. The second kappa shape index (κ2) is 6.35. The molecule has 18 heavy (non-hydrogen) atoms. The van der Waals surface area contributed by atoms with Crippen LogP contribution in [0.2, 0.25) is 0 Å². The Balaban J connectivity index is 1.86. The fourth-order valence-corrected chi connectivity index (χ4v) is 1.48. The average molecular weight is 271 g/mol. The van der Waals surface area contributed by atoms with E-state index in [-0.39, 0.29) is 12.4 Å². The van der Waals surface area contributed by atoms with Crippen molar-refractivity contribution in [3.05, 3.63) is 41.9 Å². The molecule has 0 bridgehead atoms. The van der Waals surface area contributed by atoms with Crippen LogP contribution in [0.25, 0.3) is 0 Å². The Hall–Kier alpha value is -1.62. The number of nitrogens with zero attached hydrogens (tertiary/aromatic N) is 2. The summed E-state index contributed by atoms with van der Waals surface area (Å²) in [6.45, 7) is 0.166. The van der Waals surface area contributed by atoms with E-state index in [1.54, 1.807) is 12.1 Å². The number of aryl methyl sites for hydroxylation is 1. The molecule has 0 unspecified atom stereocenters. The third-order valence-corrected chi connectivity index (χ3v) is 2.48. The van der Waals surface area contributed by atoms with Gasteiger partial charge in [-0.15, -0.1) is 21.8 Å². The zero-order valence-corrected chi connectivity index (χ0v) is 10.4. The highest BCUT2D eigenvalue weighted by Gasteiger charge is 2.06. The van der Waals surface area contributed by atoms with E-state index in [9.17, 15) is 4.39 Å². The summed E-state index contributed by atoms with van der Waals surface area (Å²) in [5.74, 6) is 1.75. The number of hydrogen-bond donors (Lipinski definition) is 0. The maximum atomic E-state index is 12.7. The molecule has 2 rings (SSSR count). The minimum absolute atomic E-state index is 0.166. The molecule has 1 aromatic heterocycles. The standard InChI is InChI=1S/C12H12ClFN2O2/c13-7-1-2-11-15-16-12(18-11)8-17-10-5-3-9(14)4-6-10/h3-6H,1-2,7-8H2. The SMILES string of the molecule is Fc1ccc(OCc2nnc(CCCCl)o2)cc1. The number of rotatable bonds is 6. The van der Waals surface area contributed by atoms with Gasteiger partial charge in [-0.3, -0.25) is 0 Å². The molecule has 0 N–H and O–H groups in total. The Kier molecular flexibility index (Phi) is 4.52. The summed E-state index contributed by atoms with van der Waals surface area (Å²) in [6, 6.07) is 5.74. The second-order valence-corrected chi connectivity index (χ2v) is 4.00. The van der Waals surface area contributed by atoms with Crippen LogP contribution >= 0.6 is 11.6 Å². The van der Waals surface area contributed by atoms with Crippen LogP contribution in [0, 0.1) is 5.82 Å². The molecule has 0 aliphatic rings. The summed E-state index contributed by atoms with van der Waals surface area (Å²) in [4.78, 5) is 0. The van der Waals surface area contributed by atoms with Crippen LogP contribution in [0.15, 0.2) is 28.7 Å². The van der Waals surface area contributed by atoms with Crippen molar-refractivity contribution < 1.29 is 13.5 Å². The second-order valence-electron chi connectivity index (χ2n) is 3.62. The molecule has 2 aromatic rings. The first kappa shape index (κ1) is 12.8. The number of hydrogen-bond acceptors (Lipinski definition) is 4. The van der Waals surface area contributed by atoms with E-state index in [2.05, 4.69) is 10.2 Å². The zero-order valence-electron chi connectivity index (χ0n) is 9.60. The van der Waals surface area contributed by atoms with Gasteiger partial charge in [-0.25, -0.2) is 4.39 Å². The van der Waals surface area contributed by atoms with Gasteiger partial charge in [-0.2, -0.15) is 0 Å². The summed E-state index contributed by atoms with van der Waals surface area (Å²) in [7, 11) is 0. The predicted molar refractivity (Wildman–Crippen MR) is 64.1 cm³/mol. The molecule has 1 heterocycles. The van der Waals surface area contributed by atoms with Crippen LogP contribution < -0.4 is 4.74 Å². The van der Waals surface area contributed by atoms with Crippen LogP contribution in [-0.4, -0.2) is 16.1 Å². The van der Waals surface area contributed by atoms with Crippen molar-refractivity contribution in [2.75, 3.05) is 5.88 Å². The molecular weight excluding hydrogens is 259 g/mol. The van der Waals surface area contributed by atoms with Gasteiger partial charge in [0.15, 0.2) is 6.61 Å². The van der Waals surface area contributed by atoms with Crippen LogP contribution in [0.4, 0.5) is 4.39 Å². The number of alkyl halides is 1. The van der Waals surface area contributed by atoms with Crippen LogP contribution in [-0.2, 0) is 13.0 Å². The molecule has 0 atom stereocenters. The maximum absolute atomic E-state index is 12.7. The van der Waals surface area contributed by atoms with Crippen molar-refractivity contribution in [2.45, 2.75) is 19.4 Å². The van der Waals surface area contributed by atoms with Gasteiger partial charge in [-0.1, -0.05) is 0 Å². The summed E-state index contributed by atoms with van der Waals surface area (Å²) in [6.07, 6.45) is 1.45. The van der Waals surface area contributed by atoms with Gasteiger partial charge < -0.3 is 9.15 Å². The summed E-state index contributed by atoms with van der Waals surface area (Å²) >= 11 is 5.57. The average Bonchev–Trinajstić information content (AvgIpc) is 2.84. The minimum Gasteiger partial charge on any atom is -0.484 e. The van der Waals surface area contributed by atoms with Crippen LogP contribution in [0.1, 0.15) is 18.2 Å². The molecule has 4 nitrogen and oxygen atoms in total. The van der Waals surface area contributed by atoms with Crippen LogP contribution in [0.3, 0.4) is 0 Å². The summed E-state index contributed by atoms with van der Waals surface area (Å²) in [5.41, 5.74) is 0. The topological polar surface area (TPSA) is 48.2 Å². The van der Waals surface area contributed by atoms with Crippen LogP contribution in [0.5, 0.6) is 5.75 Å². The fourth-order valence-electron chi connectivity index (χ4n) is 1.34. The first-order valence-electron chi connectivity index (χ1n) is 5.53. The monoisotopic (exact) mass is 270 g/mol. The highest BCUT2D eigenvalue weighted by molar-refractivity contribution is 6.17. The first-order chi connectivity index (χ1) is 8.78. The van der Waals surface area contributed by atoms with Crippen molar-refractivity contribution in [3.8, 4) is 5.75 Å². The molecule has 0 saturated heterocycles. The van der Waals surface area contributed by atoms with Gasteiger partial charge in [0, 0.05) is 12.3 Å². The molecular formula is C12H12ClFN2O2. The smallest absolute Gasteiger partial charge is 0.253 e. The Morgan fingerprint density at radius 2 is 1.89 bits per heavy atom. The van der Waals surface area contributed by atoms with E-state index >= 15 is 0 Å². The summed E-state index contributed by atoms with van der Waals surface area (Å²) in [5, 5.41) is 7.71.